The topological polar surface area (TPSA) is 25.8 Å². The van der Waals surface area contributed by atoms with E-state index in [0.717, 1.165) is 24.1 Å². The minimum absolute atomic E-state index is 0.183. The molecule has 14 rings (SSSR count). The molecule has 2 nitrogen and oxygen atoms in total. The molecule has 5 heteroatoms. The molecule has 12 heterocycles. The van der Waals surface area contributed by atoms with Crippen LogP contribution in [0.25, 0.3) is 0 Å². The van der Waals surface area contributed by atoms with Crippen LogP contribution in [0.5, 0.6) is 0 Å². The summed E-state index contributed by atoms with van der Waals surface area (Å²) in [7, 11) is 7.12. The third kappa shape index (κ3) is 0.489. The van der Waals surface area contributed by atoms with Gasteiger partial charge >= 0.3 is 250 Å². The maximum absolute atomic E-state index is 5.34. The second-order valence-electron chi connectivity index (χ2n) is 18.5. The number of fused-ring (bicyclic) bond motifs is 10. The Balaban J connectivity index is 1.30. The van der Waals surface area contributed by atoms with Gasteiger partial charge in [-0.05, 0) is 0 Å². The molecule has 0 saturated carbocycles. The van der Waals surface area contributed by atoms with Crippen LogP contribution in [0.3, 0.4) is 0 Å². The van der Waals surface area contributed by atoms with Gasteiger partial charge in [-0.25, -0.2) is 0 Å². The van der Waals surface area contributed by atoms with Crippen LogP contribution in [0.1, 0.15) is 43.3 Å². The van der Waals surface area contributed by atoms with E-state index in [4.69, 9.17) is 9.97 Å². The van der Waals surface area contributed by atoms with Crippen molar-refractivity contribution in [1.82, 2.24) is 9.97 Å². The molecule has 2 aromatic carbocycles. The average molecular weight is 641 g/mol. The third-order valence-electron chi connectivity index (χ3n) is 22.0. The van der Waals surface area contributed by atoms with Crippen molar-refractivity contribution in [3.05, 3.63) is 132 Å². The molecule has 10 aliphatic heterocycles. The summed E-state index contributed by atoms with van der Waals surface area (Å²) >= 11 is 0. The van der Waals surface area contributed by atoms with E-state index in [0.29, 0.717) is 17.3 Å². The number of nitrogens with zero attached hydrogens (tertiary/aromatic N) is 2. The van der Waals surface area contributed by atoms with Gasteiger partial charge in [-0.1, -0.05) is 0 Å². The van der Waals surface area contributed by atoms with Gasteiger partial charge in [0, 0.05) is 0 Å². The van der Waals surface area contributed by atoms with Crippen LogP contribution < -0.4 is 0 Å². The first-order valence-electron chi connectivity index (χ1n) is 16.2. The summed E-state index contributed by atoms with van der Waals surface area (Å²) < 4.78 is 1.60. The summed E-state index contributed by atoms with van der Waals surface area (Å²) in [4.78, 5) is 15.7. The first-order valence-corrected chi connectivity index (χ1v) is 23.6. The summed E-state index contributed by atoms with van der Waals surface area (Å²) in [6.07, 6.45) is 5.35. The maximum atomic E-state index is 5.34. The second-order valence-corrected chi connectivity index (χ2v) is 42.1. The van der Waals surface area contributed by atoms with E-state index in [2.05, 4.69) is 149 Å². The molecular weight excluding hydrogens is 602 g/mol. The Morgan fingerprint density at radius 2 is 1.07 bits per heavy atom. The van der Waals surface area contributed by atoms with Crippen molar-refractivity contribution in [3.63, 3.8) is 0 Å². The fourth-order valence-electron chi connectivity index (χ4n) is 26.9. The molecule has 7 atom stereocenters. The van der Waals surface area contributed by atoms with E-state index >= 15 is 0 Å². The first kappa shape index (κ1) is 22.6. The molecule has 43 heavy (non-hydrogen) atoms. The first-order chi connectivity index (χ1) is 20.6. The third-order valence-corrected chi connectivity index (χ3v) is 69.7. The molecule has 4 aromatic rings. The van der Waals surface area contributed by atoms with E-state index in [1.165, 1.54) is 17.5 Å². The molecule has 2 aromatic heterocycles. The Kier molecular flexibility index (Phi) is 1.82. The molecule has 10 saturated heterocycles. The molecule has 1 spiro atoms. The molecule has 218 valence electrons. The van der Waals surface area contributed by atoms with Crippen molar-refractivity contribution in [2.45, 2.75) is 71.6 Å². The van der Waals surface area contributed by atoms with E-state index in [1.54, 1.807) is 11.1 Å². The number of aromatic nitrogens is 2. The van der Waals surface area contributed by atoms with Gasteiger partial charge in [-0.15, -0.1) is 0 Å². The zero-order valence-electron chi connectivity index (χ0n) is 24.9. The van der Waals surface area contributed by atoms with Crippen LogP contribution in [0.2, 0.25) is 37.0 Å². The summed E-state index contributed by atoms with van der Waals surface area (Å²) in [5.41, 5.74) is 6.15. The average Bonchev–Trinajstić information content (AvgIpc) is 4.00. The zero-order valence-corrected chi connectivity index (χ0v) is 28.3. The molecule has 10 fully saturated rings. The zero-order chi connectivity index (χ0) is 28.9. The number of benzene rings is 2. The number of hydrogen-bond donors (Lipinski definition) is 0. The molecule has 7 unspecified atom stereocenters. The standard InChI is InChI=1S/C33H33N2P2.C5H5.Fe/c1-32(2,3)31-29(24-16-8-5-9-17-24)28(23-14-6-4-7-15-23)25(22-36)30(31)33(37,26-18-10-12-20-34-26)27-19-11-13-21-35-27;1-2-4-5-3-1;/h4-21H,22,36-37H2,1-3H3;1-5H;. The summed E-state index contributed by atoms with van der Waals surface area (Å²) in [5.74, 6) is 0. The predicted molar refractivity (Wildman–Crippen MR) is 176 cm³/mol. The number of pyridine rings is 2. The Hall–Kier alpha value is -1.88. The summed E-state index contributed by atoms with van der Waals surface area (Å²) in [6, 6.07) is 37.9. The van der Waals surface area contributed by atoms with Crippen LogP contribution >= 0.6 is 18.5 Å². The van der Waals surface area contributed by atoms with Gasteiger partial charge in [0.05, 0.1) is 0 Å². The second kappa shape index (κ2) is 3.46. The quantitative estimate of drug-likeness (QED) is 0.155. The van der Waals surface area contributed by atoms with Crippen molar-refractivity contribution in [2.75, 3.05) is 6.16 Å². The van der Waals surface area contributed by atoms with E-state index in [9.17, 15) is 0 Å². The molecule has 0 radical (unpaired) electrons. The van der Waals surface area contributed by atoms with Crippen LogP contribution in [-0.4, -0.2) is 16.1 Å². The molecule has 0 aliphatic carbocycles. The van der Waals surface area contributed by atoms with Crippen molar-refractivity contribution in [3.8, 4) is 0 Å². The van der Waals surface area contributed by atoms with Crippen LogP contribution in [0, 0.1) is 5.41 Å². The SMILES string of the molecule is CC(C)(C)[C]12[C]3(c4ccccc4)[C]4(c5ccccc5)[C]5(CP)[C]1(C(P)(c1ccccn1)c1ccccn1)[Fe]54321678[CH]2[CH]1[CH]6[CH]7[CH]28. The van der Waals surface area contributed by atoms with Crippen LogP contribution in [0.15, 0.2) is 109 Å². The van der Waals surface area contributed by atoms with Crippen LogP contribution in [0.4, 0.5) is 0 Å². The Morgan fingerprint density at radius 3 is 1.44 bits per heavy atom. The number of rotatable bonds is 6. The van der Waals surface area contributed by atoms with E-state index in [1.807, 2.05) is 0 Å². The van der Waals surface area contributed by atoms with Gasteiger partial charge in [0.2, 0.25) is 0 Å². The van der Waals surface area contributed by atoms with Gasteiger partial charge in [-0.3, -0.25) is 0 Å². The van der Waals surface area contributed by atoms with Gasteiger partial charge in [0.15, 0.2) is 0 Å². The Morgan fingerprint density at radius 1 is 0.628 bits per heavy atom. The van der Waals surface area contributed by atoms with Crippen molar-refractivity contribution < 1.29 is 6.51 Å². The van der Waals surface area contributed by atoms with Gasteiger partial charge in [0.25, 0.3) is 0 Å². The van der Waals surface area contributed by atoms with Gasteiger partial charge < -0.3 is 0 Å². The molecule has 0 bridgehead atoms. The molecular formula is C38H38FeN2P2. The molecule has 0 amide bonds. The summed E-state index contributed by atoms with van der Waals surface area (Å²) in [6.45, 7) is 3.10. The minimum atomic E-state index is -4.97. The van der Waals surface area contributed by atoms with Gasteiger partial charge in [-0.2, -0.15) is 0 Å². The predicted octanol–water partition coefficient (Wildman–Crippen LogP) is 9.23. The Labute approximate surface area is 249 Å². The van der Waals surface area contributed by atoms with Crippen molar-refractivity contribution in [2.24, 2.45) is 5.41 Å². The molecule has 0 N–H and O–H groups in total. The normalized spacial score (nSPS) is 61.7. The van der Waals surface area contributed by atoms with Crippen LogP contribution in [-0.2, 0) is 20.3 Å². The molecule has 10 aliphatic rings. The summed E-state index contributed by atoms with van der Waals surface area (Å²) in [5, 5.41) is -0.303. The van der Waals surface area contributed by atoms with Crippen molar-refractivity contribution >= 4 is 18.5 Å². The fourth-order valence-corrected chi connectivity index (χ4v) is 120. The van der Waals surface area contributed by atoms with E-state index in [-0.39, 0.29) is 14.9 Å². The number of hydrogen-bond acceptors (Lipinski definition) is 2. The van der Waals surface area contributed by atoms with Crippen molar-refractivity contribution in [1.29, 1.82) is 0 Å². The monoisotopic (exact) mass is 640 g/mol. The Bertz CT molecular complexity index is 2390. The van der Waals surface area contributed by atoms with Gasteiger partial charge in [0.1, 0.15) is 0 Å². The fraction of sp³-hybridized carbons (Fsp3) is 0.421. The van der Waals surface area contributed by atoms with E-state index < -0.39 is 6.51 Å².